The molecule has 0 bridgehead atoms. The summed E-state index contributed by atoms with van der Waals surface area (Å²) in [6.07, 6.45) is 0.870. The van der Waals surface area contributed by atoms with Crippen LogP contribution in [0.25, 0.3) is 0 Å². The minimum absolute atomic E-state index is 0.166. The number of benzene rings is 1. The number of nitrogens with zero attached hydrogens (tertiary/aromatic N) is 1. The molecule has 2 atom stereocenters. The summed E-state index contributed by atoms with van der Waals surface area (Å²) in [5, 5.41) is 9.44. The molecule has 0 amide bonds. The SMILES string of the molecule is O=C(O)[C@H]1CN(Cc2ccccc2)C[C@@]12CCOC2. The summed E-state index contributed by atoms with van der Waals surface area (Å²) < 4.78 is 5.47. The van der Waals surface area contributed by atoms with E-state index in [9.17, 15) is 9.90 Å². The lowest BCUT2D eigenvalue weighted by Crippen LogP contribution is -2.35. The molecule has 2 saturated heterocycles. The maximum atomic E-state index is 11.5. The number of carbonyl (C=O) groups is 1. The predicted octanol–water partition coefficient (Wildman–Crippen LogP) is 1.61. The minimum Gasteiger partial charge on any atom is -0.481 e. The molecular formula is C15H19NO3. The van der Waals surface area contributed by atoms with Crippen molar-refractivity contribution in [3.8, 4) is 0 Å². The standard InChI is InChI=1S/C15H19NO3/c17-14(18)13-9-16(8-12-4-2-1-3-5-12)10-15(13)6-7-19-11-15/h1-5,13H,6-11H2,(H,17,18)/t13-,15-/m1/s1. The van der Waals surface area contributed by atoms with Crippen LogP contribution in [0, 0.1) is 11.3 Å². The zero-order valence-corrected chi connectivity index (χ0v) is 10.9. The van der Waals surface area contributed by atoms with Crippen LogP contribution in [0.15, 0.2) is 30.3 Å². The van der Waals surface area contributed by atoms with Crippen molar-refractivity contribution in [3.05, 3.63) is 35.9 Å². The molecule has 1 aromatic carbocycles. The number of rotatable bonds is 3. The van der Waals surface area contributed by atoms with Gasteiger partial charge in [-0.25, -0.2) is 0 Å². The number of hydrogen-bond donors (Lipinski definition) is 1. The Morgan fingerprint density at radius 3 is 2.84 bits per heavy atom. The third-order valence-corrected chi connectivity index (χ3v) is 4.40. The second-order valence-electron chi connectivity index (χ2n) is 5.71. The van der Waals surface area contributed by atoms with Gasteiger partial charge in [0.15, 0.2) is 0 Å². The smallest absolute Gasteiger partial charge is 0.308 e. The van der Waals surface area contributed by atoms with E-state index in [4.69, 9.17) is 4.74 Å². The van der Waals surface area contributed by atoms with Crippen LogP contribution in [0.1, 0.15) is 12.0 Å². The number of hydrogen-bond acceptors (Lipinski definition) is 3. The molecule has 2 aliphatic heterocycles. The van der Waals surface area contributed by atoms with Crippen molar-refractivity contribution in [1.82, 2.24) is 4.90 Å². The van der Waals surface area contributed by atoms with Crippen molar-refractivity contribution in [2.24, 2.45) is 11.3 Å². The maximum absolute atomic E-state index is 11.5. The highest BCUT2D eigenvalue weighted by atomic mass is 16.5. The van der Waals surface area contributed by atoms with Gasteiger partial charge in [-0.1, -0.05) is 30.3 Å². The number of carboxylic acids is 1. The summed E-state index contributed by atoms with van der Waals surface area (Å²) in [6, 6.07) is 10.2. The molecule has 0 radical (unpaired) electrons. The number of ether oxygens (including phenoxy) is 1. The minimum atomic E-state index is -0.680. The van der Waals surface area contributed by atoms with Crippen LogP contribution in [0.3, 0.4) is 0 Å². The second-order valence-corrected chi connectivity index (χ2v) is 5.71. The molecule has 1 aromatic rings. The number of aliphatic carboxylic acids is 1. The molecule has 0 aliphatic carbocycles. The molecular weight excluding hydrogens is 242 g/mol. The maximum Gasteiger partial charge on any atom is 0.308 e. The molecule has 3 rings (SSSR count). The fourth-order valence-corrected chi connectivity index (χ4v) is 3.40. The first kappa shape index (κ1) is 12.6. The van der Waals surface area contributed by atoms with Gasteiger partial charge in [0.1, 0.15) is 0 Å². The summed E-state index contributed by atoms with van der Waals surface area (Å²) in [5.74, 6) is -0.972. The van der Waals surface area contributed by atoms with Gasteiger partial charge in [-0.2, -0.15) is 0 Å². The van der Waals surface area contributed by atoms with Crippen LogP contribution in [0.5, 0.6) is 0 Å². The molecule has 2 heterocycles. The highest BCUT2D eigenvalue weighted by Gasteiger charge is 2.52. The van der Waals surface area contributed by atoms with E-state index in [0.29, 0.717) is 19.8 Å². The van der Waals surface area contributed by atoms with Crippen LogP contribution in [0.2, 0.25) is 0 Å². The van der Waals surface area contributed by atoms with Crippen molar-refractivity contribution in [2.75, 3.05) is 26.3 Å². The van der Waals surface area contributed by atoms with E-state index < -0.39 is 5.97 Å². The Morgan fingerprint density at radius 1 is 1.42 bits per heavy atom. The monoisotopic (exact) mass is 261 g/mol. The van der Waals surface area contributed by atoms with E-state index >= 15 is 0 Å². The molecule has 19 heavy (non-hydrogen) atoms. The third kappa shape index (κ3) is 2.38. The first-order valence-corrected chi connectivity index (χ1v) is 6.76. The van der Waals surface area contributed by atoms with Gasteiger partial charge >= 0.3 is 5.97 Å². The third-order valence-electron chi connectivity index (χ3n) is 4.40. The Balaban J connectivity index is 1.74. The zero-order valence-electron chi connectivity index (χ0n) is 10.9. The Hall–Kier alpha value is -1.39. The largest absolute Gasteiger partial charge is 0.481 e. The van der Waals surface area contributed by atoms with Crippen LogP contribution < -0.4 is 0 Å². The van der Waals surface area contributed by atoms with E-state index in [1.165, 1.54) is 5.56 Å². The molecule has 1 spiro atoms. The van der Waals surface area contributed by atoms with Gasteiger partial charge in [0.05, 0.1) is 12.5 Å². The Labute approximate surface area is 113 Å². The number of carboxylic acid groups (broad SMARTS) is 1. The number of likely N-dealkylation sites (tertiary alicyclic amines) is 1. The Bertz CT molecular complexity index is 454. The molecule has 0 aromatic heterocycles. The highest BCUT2D eigenvalue weighted by molar-refractivity contribution is 5.72. The lowest BCUT2D eigenvalue weighted by molar-refractivity contribution is -0.144. The average Bonchev–Trinajstić information content (AvgIpc) is 2.99. The lowest BCUT2D eigenvalue weighted by Gasteiger charge is -2.25. The van der Waals surface area contributed by atoms with Gasteiger partial charge < -0.3 is 9.84 Å². The summed E-state index contributed by atoms with van der Waals surface area (Å²) >= 11 is 0. The zero-order chi connectivity index (χ0) is 13.3. The molecule has 102 valence electrons. The molecule has 2 fully saturated rings. The van der Waals surface area contributed by atoms with Crippen molar-refractivity contribution in [3.63, 3.8) is 0 Å². The molecule has 4 heteroatoms. The molecule has 0 unspecified atom stereocenters. The highest BCUT2D eigenvalue weighted by Crippen LogP contribution is 2.43. The topological polar surface area (TPSA) is 49.8 Å². The first-order valence-electron chi connectivity index (χ1n) is 6.76. The predicted molar refractivity (Wildman–Crippen MR) is 70.7 cm³/mol. The van der Waals surface area contributed by atoms with Crippen molar-refractivity contribution in [1.29, 1.82) is 0 Å². The van der Waals surface area contributed by atoms with Gasteiger partial charge in [0.2, 0.25) is 0 Å². The fraction of sp³-hybridized carbons (Fsp3) is 0.533. The van der Waals surface area contributed by atoms with Gasteiger partial charge in [-0.15, -0.1) is 0 Å². The molecule has 2 aliphatic rings. The quantitative estimate of drug-likeness (QED) is 0.898. The average molecular weight is 261 g/mol. The van der Waals surface area contributed by atoms with Crippen molar-refractivity contribution >= 4 is 5.97 Å². The fourth-order valence-electron chi connectivity index (χ4n) is 3.40. The van der Waals surface area contributed by atoms with Crippen molar-refractivity contribution in [2.45, 2.75) is 13.0 Å². The van der Waals surface area contributed by atoms with Gasteiger partial charge in [-0.05, 0) is 12.0 Å². The molecule has 1 N–H and O–H groups in total. The summed E-state index contributed by atoms with van der Waals surface area (Å²) in [6.45, 7) is 3.58. The van der Waals surface area contributed by atoms with E-state index in [1.54, 1.807) is 0 Å². The van der Waals surface area contributed by atoms with Crippen LogP contribution in [-0.4, -0.2) is 42.3 Å². The van der Waals surface area contributed by atoms with E-state index in [0.717, 1.165) is 19.5 Å². The first-order chi connectivity index (χ1) is 9.20. The van der Waals surface area contributed by atoms with Crippen LogP contribution >= 0.6 is 0 Å². The van der Waals surface area contributed by atoms with Crippen LogP contribution in [-0.2, 0) is 16.1 Å². The normalized spacial score (nSPS) is 31.1. The van der Waals surface area contributed by atoms with Crippen molar-refractivity contribution < 1.29 is 14.6 Å². The second kappa shape index (κ2) is 4.94. The van der Waals surface area contributed by atoms with Gasteiger partial charge in [0, 0.05) is 31.7 Å². The Kier molecular flexibility index (Phi) is 3.29. The summed E-state index contributed by atoms with van der Waals surface area (Å²) in [4.78, 5) is 13.7. The van der Waals surface area contributed by atoms with E-state index in [1.807, 2.05) is 18.2 Å². The van der Waals surface area contributed by atoms with Gasteiger partial charge in [0.25, 0.3) is 0 Å². The van der Waals surface area contributed by atoms with E-state index in [2.05, 4.69) is 17.0 Å². The van der Waals surface area contributed by atoms with Crippen LogP contribution in [0.4, 0.5) is 0 Å². The van der Waals surface area contributed by atoms with E-state index in [-0.39, 0.29) is 11.3 Å². The summed E-state index contributed by atoms with van der Waals surface area (Å²) in [5.41, 5.74) is 1.07. The molecule has 0 saturated carbocycles. The summed E-state index contributed by atoms with van der Waals surface area (Å²) in [7, 11) is 0. The lowest BCUT2D eigenvalue weighted by atomic mass is 9.77. The van der Waals surface area contributed by atoms with Gasteiger partial charge in [-0.3, -0.25) is 9.69 Å². The Morgan fingerprint density at radius 2 is 2.21 bits per heavy atom. The molecule has 4 nitrogen and oxygen atoms in total.